The first-order valence-corrected chi connectivity index (χ1v) is 4.25. The van der Waals surface area contributed by atoms with Crippen molar-refractivity contribution in [1.82, 2.24) is 15.2 Å². The molecule has 0 fully saturated rings. The highest BCUT2D eigenvalue weighted by Crippen LogP contribution is 2.13. The lowest BCUT2D eigenvalue weighted by atomic mass is 10.3. The molecule has 60 valence electrons. The first-order chi connectivity index (χ1) is 5.86. The highest BCUT2D eigenvalue weighted by molar-refractivity contribution is 7.07. The van der Waals surface area contributed by atoms with Crippen molar-refractivity contribution in [2.24, 2.45) is 0 Å². The smallest absolute Gasteiger partial charge is 0.264 e. The molecule has 0 aliphatic heterocycles. The molecule has 0 saturated carbocycles. The number of aromatic amines is 1. The van der Waals surface area contributed by atoms with Crippen molar-refractivity contribution in [3.63, 3.8) is 0 Å². The van der Waals surface area contributed by atoms with Crippen molar-refractivity contribution in [3.05, 3.63) is 33.4 Å². The standard InChI is InChI=1S/C7H5N3OS/c11-7-2-1-5(9-10-7)6-3-12-4-8-6/h1-4H,(H,10,11). The molecule has 12 heavy (non-hydrogen) atoms. The molecular formula is C7H5N3OS. The van der Waals surface area contributed by atoms with Gasteiger partial charge in [0.15, 0.2) is 0 Å². The number of nitrogens with one attached hydrogen (secondary N) is 1. The zero-order chi connectivity index (χ0) is 8.39. The molecule has 0 aliphatic carbocycles. The summed E-state index contributed by atoms with van der Waals surface area (Å²) in [4.78, 5) is 14.7. The molecule has 1 N–H and O–H groups in total. The topological polar surface area (TPSA) is 58.6 Å². The van der Waals surface area contributed by atoms with Gasteiger partial charge in [-0.3, -0.25) is 4.79 Å². The zero-order valence-electron chi connectivity index (χ0n) is 6.02. The summed E-state index contributed by atoms with van der Waals surface area (Å²) in [6, 6.07) is 3.08. The fourth-order valence-electron chi connectivity index (χ4n) is 0.826. The van der Waals surface area contributed by atoms with Crippen molar-refractivity contribution in [3.8, 4) is 11.4 Å². The minimum absolute atomic E-state index is 0.200. The average Bonchev–Trinajstić information content (AvgIpc) is 2.58. The molecule has 0 spiro atoms. The van der Waals surface area contributed by atoms with Crippen LogP contribution in [0.3, 0.4) is 0 Å². The Morgan fingerprint density at radius 1 is 1.33 bits per heavy atom. The van der Waals surface area contributed by atoms with Crippen LogP contribution in [0.4, 0.5) is 0 Å². The van der Waals surface area contributed by atoms with Crippen molar-refractivity contribution >= 4 is 11.3 Å². The summed E-state index contributed by atoms with van der Waals surface area (Å²) in [5.41, 5.74) is 3.00. The quantitative estimate of drug-likeness (QED) is 0.707. The normalized spacial score (nSPS) is 10.0. The van der Waals surface area contributed by atoms with Gasteiger partial charge < -0.3 is 0 Å². The molecule has 2 rings (SSSR count). The average molecular weight is 179 g/mol. The van der Waals surface area contributed by atoms with E-state index in [1.54, 1.807) is 11.6 Å². The van der Waals surface area contributed by atoms with Gasteiger partial charge in [0.25, 0.3) is 5.56 Å². The predicted octanol–water partition coefficient (Wildman–Crippen LogP) is 0.893. The maximum atomic E-state index is 10.7. The van der Waals surface area contributed by atoms with Gasteiger partial charge in [-0.25, -0.2) is 10.1 Å². The number of thiazole rings is 1. The third-order valence-electron chi connectivity index (χ3n) is 1.37. The van der Waals surface area contributed by atoms with Gasteiger partial charge in [0.2, 0.25) is 0 Å². The fourth-order valence-corrected chi connectivity index (χ4v) is 1.37. The third kappa shape index (κ3) is 1.26. The van der Waals surface area contributed by atoms with E-state index in [2.05, 4.69) is 15.2 Å². The van der Waals surface area contributed by atoms with E-state index in [0.29, 0.717) is 5.69 Å². The lowest BCUT2D eigenvalue weighted by molar-refractivity contribution is 0.991. The molecule has 2 aromatic heterocycles. The molecular weight excluding hydrogens is 174 g/mol. The number of hydrogen-bond donors (Lipinski definition) is 1. The summed E-state index contributed by atoms with van der Waals surface area (Å²) in [6.07, 6.45) is 0. The molecule has 5 heteroatoms. The zero-order valence-corrected chi connectivity index (χ0v) is 6.84. The van der Waals surface area contributed by atoms with E-state index in [1.807, 2.05) is 5.38 Å². The maximum absolute atomic E-state index is 10.7. The fraction of sp³-hybridized carbons (Fsp3) is 0. The second kappa shape index (κ2) is 2.86. The van der Waals surface area contributed by atoms with Crippen LogP contribution in [0.1, 0.15) is 0 Å². The van der Waals surface area contributed by atoms with Crippen LogP contribution in [-0.2, 0) is 0 Å². The highest BCUT2D eigenvalue weighted by atomic mass is 32.1. The molecule has 0 radical (unpaired) electrons. The molecule has 2 aromatic rings. The Hall–Kier alpha value is -1.49. The van der Waals surface area contributed by atoms with Crippen molar-refractivity contribution in [2.45, 2.75) is 0 Å². The van der Waals surface area contributed by atoms with Crippen molar-refractivity contribution in [2.75, 3.05) is 0 Å². The molecule has 0 unspecified atom stereocenters. The number of hydrogen-bond acceptors (Lipinski definition) is 4. The summed E-state index contributed by atoms with van der Waals surface area (Å²) < 4.78 is 0. The van der Waals surface area contributed by atoms with Gasteiger partial charge in [-0.05, 0) is 6.07 Å². The monoisotopic (exact) mass is 179 g/mol. The van der Waals surface area contributed by atoms with Crippen molar-refractivity contribution < 1.29 is 0 Å². The Kier molecular flexibility index (Phi) is 1.71. The molecule has 4 nitrogen and oxygen atoms in total. The number of aromatic nitrogens is 3. The first kappa shape index (κ1) is 7.17. The Labute approximate surface area is 71.9 Å². The molecule has 0 aliphatic rings. The summed E-state index contributed by atoms with van der Waals surface area (Å²) in [5, 5.41) is 8.05. The number of nitrogens with zero attached hydrogens (tertiary/aromatic N) is 2. The van der Waals surface area contributed by atoms with Gasteiger partial charge in [0, 0.05) is 11.4 Å². The second-order valence-electron chi connectivity index (χ2n) is 2.18. The van der Waals surface area contributed by atoms with Gasteiger partial charge in [-0.15, -0.1) is 11.3 Å². The van der Waals surface area contributed by atoms with Crippen LogP contribution >= 0.6 is 11.3 Å². The minimum Gasteiger partial charge on any atom is -0.268 e. The van der Waals surface area contributed by atoms with Crippen LogP contribution in [0.25, 0.3) is 11.4 Å². The van der Waals surface area contributed by atoms with Crippen LogP contribution in [0, 0.1) is 0 Å². The van der Waals surface area contributed by atoms with Gasteiger partial charge in [0.05, 0.1) is 5.51 Å². The van der Waals surface area contributed by atoms with Crippen LogP contribution in [0.2, 0.25) is 0 Å². The first-order valence-electron chi connectivity index (χ1n) is 3.30. The van der Waals surface area contributed by atoms with E-state index in [4.69, 9.17) is 0 Å². The van der Waals surface area contributed by atoms with Crippen LogP contribution in [-0.4, -0.2) is 15.2 Å². The molecule has 0 amide bonds. The van der Waals surface area contributed by atoms with E-state index in [-0.39, 0.29) is 5.56 Å². The lowest BCUT2D eigenvalue weighted by Gasteiger charge is -1.90. The van der Waals surface area contributed by atoms with Gasteiger partial charge >= 0.3 is 0 Å². The van der Waals surface area contributed by atoms with Gasteiger partial charge in [-0.1, -0.05) is 0 Å². The largest absolute Gasteiger partial charge is 0.268 e. The Bertz CT molecular complexity index is 400. The van der Waals surface area contributed by atoms with Gasteiger partial charge in [0.1, 0.15) is 11.4 Å². The van der Waals surface area contributed by atoms with E-state index in [0.717, 1.165) is 5.69 Å². The van der Waals surface area contributed by atoms with E-state index >= 15 is 0 Å². The number of H-pyrrole nitrogens is 1. The molecule has 0 atom stereocenters. The lowest BCUT2D eigenvalue weighted by Crippen LogP contribution is -2.05. The molecule has 0 bridgehead atoms. The Morgan fingerprint density at radius 3 is 2.83 bits per heavy atom. The minimum atomic E-state index is -0.200. The molecule has 0 saturated heterocycles. The summed E-state index contributed by atoms with van der Waals surface area (Å²) in [7, 11) is 0. The summed E-state index contributed by atoms with van der Waals surface area (Å²) in [6.45, 7) is 0. The second-order valence-corrected chi connectivity index (χ2v) is 2.90. The van der Waals surface area contributed by atoms with Crippen LogP contribution < -0.4 is 5.56 Å². The Balaban J connectivity index is 2.49. The van der Waals surface area contributed by atoms with Crippen LogP contribution in [0.5, 0.6) is 0 Å². The number of rotatable bonds is 1. The SMILES string of the molecule is O=c1ccc(-c2cscn2)n[nH]1. The Morgan fingerprint density at radius 2 is 2.25 bits per heavy atom. The van der Waals surface area contributed by atoms with Crippen LogP contribution in [0.15, 0.2) is 27.8 Å². The van der Waals surface area contributed by atoms with Crippen molar-refractivity contribution in [1.29, 1.82) is 0 Å². The van der Waals surface area contributed by atoms with E-state index in [1.165, 1.54) is 17.4 Å². The maximum Gasteiger partial charge on any atom is 0.264 e. The molecule has 2 heterocycles. The van der Waals surface area contributed by atoms with Gasteiger partial charge in [-0.2, -0.15) is 5.10 Å². The predicted molar refractivity (Wildman–Crippen MR) is 46.0 cm³/mol. The van der Waals surface area contributed by atoms with E-state index in [9.17, 15) is 4.79 Å². The molecule has 0 aromatic carbocycles. The summed E-state index contributed by atoms with van der Waals surface area (Å²) in [5.74, 6) is 0. The summed E-state index contributed by atoms with van der Waals surface area (Å²) >= 11 is 1.50. The highest BCUT2D eigenvalue weighted by Gasteiger charge is 1.99. The third-order valence-corrected chi connectivity index (χ3v) is 1.96. The van der Waals surface area contributed by atoms with E-state index < -0.39 is 0 Å².